The Morgan fingerprint density at radius 1 is 0.977 bits per heavy atom. The summed E-state index contributed by atoms with van der Waals surface area (Å²) in [4.78, 5) is 41.1. The van der Waals surface area contributed by atoms with Crippen LogP contribution in [0.4, 0.5) is 11.8 Å². The first-order valence-corrected chi connectivity index (χ1v) is 14.3. The summed E-state index contributed by atoms with van der Waals surface area (Å²) in [6, 6.07) is 14.6. The minimum absolute atomic E-state index is 0.0944. The first-order valence-electron chi connectivity index (χ1n) is 13.4. The molecule has 4 aromatic heterocycles. The molecule has 6 rings (SSSR count). The molecule has 3 N–H and O–H groups in total. The number of anilines is 2. The van der Waals surface area contributed by atoms with Crippen molar-refractivity contribution >= 4 is 34.0 Å². The smallest absolute Gasteiger partial charge is 0.316 e. The summed E-state index contributed by atoms with van der Waals surface area (Å²) in [6.07, 6.45) is 4.87. The predicted octanol–water partition coefficient (Wildman–Crippen LogP) is 4.92. The molecule has 0 saturated carbocycles. The van der Waals surface area contributed by atoms with Gasteiger partial charge in [0.25, 0.3) is 10.8 Å². The highest BCUT2D eigenvalue weighted by molar-refractivity contribution is 7.11. The van der Waals surface area contributed by atoms with Gasteiger partial charge in [0.2, 0.25) is 5.95 Å². The molecule has 0 aliphatic rings. The summed E-state index contributed by atoms with van der Waals surface area (Å²) in [5, 5.41) is 6.26. The second kappa shape index (κ2) is 11.8. The topological polar surface area (TPSA) is 156 Å². The number of benzene rings is 2. The molecule has 0 aliphatic carbocycles. The van der Waals surface area contributed by atoms with Crippen LogP contribution in [0.3, 0.4) is 0 Å². The van der Waals surface area contributed by atoms with Crippen LogP contribution < -0.4 is 26.1 Å². The van der Waals surface area contributed by atoms with E-state index in [1.807, 2.05) is 67.8 Å². The largest absolute Gasteiger partial charge is 0.470 e. The minimum Gasteiger partial charge on any atom is -0.470 e. The van der Waals surface area contributed by atoms with Gasteiger partial charge in [-0.15, -0.1) is 0 Å². The number of rotatable bonds is 9. The van der Waals surface area contributed by atoms with E-state index in [0.29, 0.717) is 62.4 Å². The Hall–Kier alpha value is -5.43. The number of nitrogen functional groups attached to an aromatic ring is 1. The monoisotopic (exact) mass is 593 g/mol. The molecule has 13 heteroatoms. The third-order valence-corrected chi connectivity index (χ3v) is 7.39. The Morgan fingerprint density at radius 2 is 1.77 bits per heavy atom. The molecule has 43 heavy (non-hydrogen) atoms. The maximum Gasteiger partial charge on any atom is 0.316 e. The molecule has 1 atom stereocenters. The van der Waals surface area contributed by atoms with Gasteiger partial charge in [-0.3, -0.25) is 9.36 Å². The summed E-state index contributed by atoms with van der Waals surface area (Å²) >= 11 is 1.38. The van der Waals surface area contributed by atoms with E-state index in [2.05, 4.69) is 30.2 Å². The van der Waals surface area contributed by atoms with E-state index in [4.69, 9.17) is 20.2 Å². The fourth-order valence-electron chi connectivity index (χ4n) is 4.70. The van der Waals surface area contributed by atoms with E-state index in [0.717, 1.165) is 0 Å². The third kappa shape index (κ3) is 5.45. The van der Waals surface area contributed by atoms with Crippen molar-refractivity contribution in [1.29, 1.82) is 0 Å². The standard InChI is InChI=1S/C30H27N9O3S/c1-4-42-30-37-23(16-43-30)21-15-32-28(31)38-25(21)35-17(2)26-36-22-12-8-11-20(18-13-33-29(41-3)34-14-18)24(22)27(40)39(26)19-9-6-5-7-10-19/h5-17H,4H2,1-3H3,(H3,31,32,35,38). The molecule has 12 nitrogen and oxygen atoms in total. The van der Waals surface area contributed by atoms with Crippen molar-refractivity contribution in [3.05, 3.63) is 88.7 Å². The van der Waals surface area contributed by atoms with E-state index in [9.17, 15) is 4.79 Å². The number of methoxy groups -OCH3 is 1. The maximum atomic E-state index is 14.4. The number of para-hydroxylation sites is 1. The van der Waals surface area contributed by atoms with Gasteiger partial charge >= 0.3 is 6.01 Å². The number of ether oxygens (including phenoxy) is 2. The van der Waals surface area contributed by atoms with Gasteiger partial charge in [0.05, 0.1) is 47.6 Å². The van der Waals surface area contributed by atoms with Crippen molar-refractivity contribution in [1.82, 2.24) is 34.5 Å². The number of hydrogen-bond donors (Lipinski definition) is 2. The number of nitrogens with one attached hydrogen (secondary N) is 1. The highest BCUT2D eigenvalue weighted by atomic mass is 32.1. The summed E-state index contributed by atoms with van der Waals surface area (Å²) in [7, 11) is 1.50. The van der Waals surface area contributed by atoms with E-state index in [-0.39, 0.29) is 17.5 Å². The molecule has 0 amide bonds. The Balaban J connectivity index is 1.49. The predicted molar refractivity (Wildman–Crippen MR) is 166 cm³/mol. The highest BCUT2D eigenvalue weighted by Gasteiger charge is 2.22. The van der Waals surface area contributed by atoms with Crippen molar-refractivity contribution in [2.45, 2.75) is 19.9 Å². The lowest BCUT2D eigenvalue weighted by Gasteiger charge is -2.21. The first kappa shape index (κ1) is 27.7. The fraction of sp³-hybridized carbons (Fsp3) is 0.167. The van der Waals surface area contributed by atoms with Gasteiger partial charge in [-0.25, -0.2) is 24.9 Å². The van der Waals surface area contributed by atoms with Gasteiger partial charge < -0.3 is 20.5 Å². The number of aromatic nitrogens is 7. The summed E-state index contributed by atoms with van der Waals surface area (Å²) in [5.41, 5.74) is 9.54. The lowest BCUT2D eigenvalue weighted by molar-refractivity contribution is 0.338. The summed E-state index contributed by atoms with van der Waals surface area (Å²) < 4.78 is 12.3. The van der Waals surface area contributed by atoms with Crippen LogP contribution in [0.1, 0.15) is 25.7 Å². The number of fused-ring (bicyclic) bond motifs is 1. The second-order valence-electron chi connectivity index (χ2n) is 9.39. The number of nitrogens with two attached hydrogens (primary N) is 1. The van der Waals surface area contributed by atoms with Crippen molar-refractivity contribution in [3.63, 3.8) is 0 Å². The molecule has 0 fully saturated rings. The van der Waals surface area contributed by atoms with E-state index in [1.165, 1.54) is 18.4 Å². The number of thiazole rings is 1. The molecule has 0 spiro atoms. The van der Waals surface area contributed by atoms with Crippen LogP contribution in [0, 0.1) is 0 Å². The lowest BCUT2D eigenvalue weighted by atomic mass is 10.0. The zero-order chi connectivity index (χ0) is 29.9. The van der Waals surface area contributed by atoms with Crippen molar-refractivity contribution in [3.8, 4) is 39.3 Å². The molecule has 216 valence electrons. The van der Waals surface area contributed by atoms with E-state index in [1.54, 1.807) is 23.2 Å². The summed E-state index contributed by atoms with van der Waals surface area (Å²) in [6.45, 7) is 4.31. The Bertz CT molecular complexity index is 1960. The van der Waals surface area contributed by atoms with Crippen LogP contribution in [-0.2, 0) is 0 Å². The molecular formula is C30H27N9O3S. The van der Waals surface area contributed by atoms with Crippen molar-refractivity contribution in [2.75, 3.05) is 24.8 Å². The van der Waals surface area contributed by atoms with Crippen LogP contribution in [0.25, 0.3) is 39.0 Å². The van der Waals surface area contributed by atoms with Crippen LogP contribution in [-0.4, -0.2) is 48.2 Å². The summed E-state index contributed by atoms with van der Waals surface area (Å²) in [5.74, 6) is 1.02. The second-order valence-corrected chi connectivity index (χ2v) is 10.2. The third-order valence-electron chi connectivity index (χ3n) is 6.63. The van der Waals surface area contributed by atoms with Gasteiger partial charge in [-0.05, 0) is 37.6 Å². The van der Waals surface area contributed by atoms with Crippen LogP contribution >= 0.6 is 11.3 Å². The maximum absolute atomic E-state index is 14.4. The van der Waals surface area contributed by atoms with Gasteiger partial charge in [-0.1, -0.05) is 41.7 Å². The highest BCUT2D eigenvalue weighted by Crippen LogP contribution is 2.33. The molecule has 0 aliphatic heterocycles. The molecule has 0 radical (unpaired) electrons. The quantitative estimate of drug-likeness (QED) is 0.235. The van der Waals surface area contributed by atoms with Gasteiger partial charge in [-0.2, -0.15) is 4.98 Å². The normalized spacial score (nSPS) is 11.8. The van der Waals surface area contributed by atoms with E-state index >= 15 is 0 Å². The zero-order valence-corrected chi connectivity index (χ0v) is 24.4. The molecule has 0 bridgehead atoms. The Labute approximate surface area is 250 Å². The molecular weight excluding hydrogens is 566 g/mol. The zero-order valence-electron chi connectivity index (χ0n) is 23.6. The van der Waals surface area contributed by atoms with Crippen LogP contribution in [0.15, 0.2) is 77.3 Å². The molecule has 1 unspecified atom stereocenters. The van der Waals surface area contributed by atoms with Crippen molar-refractivity contribution < 1.29 is 9.47 Å². The van der Waals surface area contributed by atoms with Crippen LogP contribution in [0.5, 0.6) is 11.2 Å². The molecule has 2 aromatic carbocycles. The van der Waals surface area contributed by atoms with Crippen LogP contribution in [0.2, 0.25) is 0 Å². The van der Waals surface area contributed by atoms with E-state index < -0.39 is 6.04 Å². The molecule has 4 heterocycles. The van der Waals surface area contributed by atoms with Crippen molar-refractivity contribution in [2.24, 2.45) is 0 Å². The SMILES string of the molecule is CCOc1nc(-c2cnc(N)nc2NC(C)c2nc3cccc(-c4cnc(OC)nc4)c3c(=O)n2-c2ccccc2)cs1. The average Bonchev–Trinajstić information content (AvgIpc) is 3.49. The number of hydrogen-bond acceptors (Lipinski definition) is 12. The Morgan fingerprint density at radius 3 is 2.51 bits per heavy atom. The Kier molecular flexibility index (Phi) is 7.62. The fourth-order valence-corrected chi connectivity index (χ4v) is 5.43. The molecule has 0 saturated heterocycles. The van der Waals surface area contributed by atoms with Gasteiger partial charge in [0.15, 0.2) is 0 Å². The van der Waals surface area contributed by atoms with Gasteiger partial charge in [0.1, 0.15) is 11.6 Å². The minimum atomic E-state index is -0.497. The van der Waals surface area contributed by atoms with Gasteiger partial charge in [0, 0.05) is 29.5 Å². The lowest BCUT2D eigenvalue weighted by Crippen LogP contribution is -2.28. The first-order chi connectivity index (χ1) is 21.0. The molecule has 6 aromatic rings. The number of nitrogens with zero attached hydrogens (tertiary/aromatic N) is 7. The average molecular weight is 594 g/mol.